The summed E-state index contributed by atoms with van der Waals surface area (Å²) >= 11 is 0. The fraction of sp³-hybridized carbons (Fsp3) is 0.409. The van der Waals surface area contributed by atoms with E-state index < -0.39 is 0 Å². The largest absolute Gasteiger partial charge is 0.367 e. The molecule has 2 N–H and O–H groups in total. The highest BCUT2D eigenvalue weighted by molar-refractivity contribution is 5.94. The first kappa shape index (κ1) is 17.4. The quantitative estimate of drug-likeness (QED) is 0.729. The molecule has 0 atom stereocenters. The van der Waals surface area contributed by atoms with Crippen molar-refractivity contribution in [2.75, 3.05) is 36.4 Å². The lowest BCUT2D eigenvalue weighted by Crippen LogP contribution is -2.44. The van der Waals surface area contributed by atoms with E-state index in [0.717, 1.165) is 54.5 Å². The number of pyridine rings is 3. The van der Waals surface area contributed by atoms with Gasteiger partial charge in [-0.25, -0.2) is 9.97 Å². The molecule has 1 aliphatic carbocycles. The number of hydrogen-bond acceptors (Lipinski definition) is 6. The maximum atomic E-state index is 5.08. The van der Waals surface area contributed by atoms with Crippen LogP contribution in [0.5, 0.6) is 0 Å². The van der Waals surface area contributed by atoms with Crippen LogP contribution < -0.4 is 15.5 Å². The van der Waals surface area contributed by atoms with Gasteiger partial charge in [-0.1, -0.05) is 12.8 Å². The van der Waals surface area contributed by atoms with Gasteiger partial charge in [0.15, 0.2) is 0 Å². The summed E-state index contributed by atoms with van der Waals surface area (Å²) in [5.74, 6) is 2.00. The Labute approximate surface area is 165 Å². The van der Waals surface area contributed by atoms with E-state index in [4.69, 9.17) is 4.98 Å². The maximum Gasteiger partial charge on any atom is 0.137 e. The summed E-state index contributed by atoms with van der Waals surface area (Å²) in [4.78, 5) is 16.3. The van der Waals surface area contributed by atoms with E-state index in [-0.39, 0.29) is 0 Å². The summed E-state index contributed by atoms with van der Waals surface area (Å²) in [6, 6.07) is 8.94. The van der Waals surface area contributed by atoms with Crippen LogP contribution in [0.15, 0.2) is 42.9 Å². The second-order valence-corrected chi connectivity index (χ2v) is 7.72. The van der Waals surface area contributed by atoms with Crippen molar-refractivity contribution in [1.82, 2.24) is 20.3 Å². The van der Waals surface area contributed by atoms with E-state index in [1.54, 1.807) is 0 Å². The molecule has 28 heavy (non-hydrogen) atoms. The number of fused-ring (bicyclic) bond motifs is 1. The van der Waals surface area contributed by atoms with Crippen LogP contribution in [0.4, 0.5) is 11.6 Å². The molecule has 5 rings (SSSR count). The summed E-state index contributed by atoms with van der Waals surface area (Å²) < 4.78 is 0. The van der Waals surface area contributed by atoms with Gasteiger partial charge in [-0.3, -0.25) is 4.98 Å². The molecular formula is C22H26N6. The third-order valence-corrected chi connectivity index (χ3v) is 5.79. The molecule has 144 valence electrons. The smallest absolute Gasteiger partial charge is 0.137 e. The molecule has 0 aromatic carbocycles. The Morgan fingerprint density at radius 1 is 1.04 bits per heavy atom. The minimum absolute atomic E-state index is 0.549. The molecule has 0 bridgehead atoms. The third kappa shape index (κ3) is 3.52. The number of aromatic nitrogens is 3. The van der Waals surface area contributed by atoms with Crippen LogP contribution in [0.3, 0.4) is 0 Å². The molecule has 0 unspecified atom stereocenters. The molecule has 2 aliphatic rings. The molecule has 1 aliphatic heterocycles. The van der Waals surface area contributed by atoms with Crippen LogP contribution in [0, 0.1) is 0 Å². The third-order valence-electron chi connectivity index (χ3n) is 5.79. The molecule has 0 radical (unpaired) electrons. The molecule has 2 fully saturated rings. The molecule has 3 aromatic heterocycles. The second-order valence-electron chi connectivity index (χ2n) is 7.72. The van der Waals surface area contributed by atoms with E-state index in [1.165, 1.54) is 31.1 Å². The van der Waals surface area contributed by atoms with E-state index >= 15 is 0 Å². The number of piperazine rings is 1. The zero-order valence-corrected chi connectivity index (χ0v) is 16.1. The van der Waals surface area contributed by atoms with E-state index in [2.05, 4.69) is 43.7 Å². The van der Waals surface area contributed by atoms with Gasteiger partial charge in [0.05, 0.1) is 5.69 Å². The Kier molecular flexibility index (Phi) is 4.79. The molecule has 1 saturated carbocycles. The predicted octanol–water partition coefficient (Wildman–Crippen LogP) is 3.46. The van der Waals surface area contributed by atoms with Gasteiger partial charge < -0.3 is 15.5 Å². The van der Waals surface area contributed by atoms with Crippen molar-refractivity contribution in [3.8, 4) is 11.3 Å². The lowest BCUT2D eigenvalue weighted by molar-refractivity contribution is 0.586. The highest BCUT2D eigenvalue weighted by Gasteiger charge is 2.18. The van der Waals surface area contributed by atoms with Crippen LogP contribution in [0.2, 0.25) is 0 Å². The van der Waals surface area contributed by atoms with Gasteiger partial charge in [0.1, 0.15) is 11.6 Å². The van der Waals surface area contributed by atoms with Crippen molar-refractivity contribution in [1.29, 1.82) is 0 Å². The first-order chi connectivity index (χ1) is 13.9. The first-order valence-electron chi connectivity index (χ1n) is 10.3. The van der Waals surface area contributed by atoms with Crippen LogP contribution in [-0.4, -0.2) is 47.2 Å². The molecule has 0 spiro atoms. The van der Waals surface area contributed by atoms with Gasteiger partial charge in [-0.2, -0.15) is 0 Å². The number of anilines is 2. The highest BCUT2D eigenvalue weighted by atomic mass is 15.2. The normalized spacial score (nSPS) is 17.9. The standard InChI is InChI=1S/C22H26N6/c1-2-4-18(3-1)26-21-14-16(5-8-25-21)20-13-17-15-24-7-6-19(17)22(27-20)28-11-9-23-10-12-28/h5-8,13-15,18,23H,1-4,9-12H2,(H,25,26). The molecular weight excluding hydrogens is 348 g/mol. The van der Waals surface area contributed by atoms with Gasteiger partial charge in [-0.15, -0.1) is 0 Å². The monoisotopic (exact) mass is 374 g/mol. The van der Waals surface area contributed by atoms with Crippen molar-refractivity contribution in [2.24, 2.45) is 0 Å². The topological polar surface area (TPSA) is 66.0 Å². The lowest BCUT2D eigenvalue weighted by atomic mass is 10.1. The molecule has 0 amide bonds. The van der Waals surface area contributed by atoms with E-state index in [0.29, 0.717) is 6.04 Å². The Bertz CT molecular complexity index is 960. The highest BCUT2D eigenvalue weighted by Crippen LogP contribution is 2.31. The molecule has 1 saturated heterocycles. The Morgan fingerprint density at radius 3 is 2.75 bits per heavy atom. The Balaban J connectivity index is 1.53. The van der Waals surface area contributed by atoms with Crippen LogP contribution in [0.1, 0.15) is 25.7 Å². The minimum Gasteiger partial charge on any atom is -0.367 e. The zero-order valence-electron chi connectivity index (χ0n) is 16.1. The summed E-state index contributed by atoms with van der Waals surface area (Å²) in [6.45, 7) is 3.92. The fourth-order valence-electron chi connectivity index (χ4n) is 4.29. The molecule has 6 nitrogen and oxygen atoms in total. The number of hydrogen-bond donors (Lipinski definition) is 2. The summed E-state index contributed by atoms with van der Waals surface area (Å²) in [5, 5.41) is 9.31. The van der Waals surface area contributed by atoms with Gasteiger partial charge in [-0.05, 0) is 37.1 Å². The van der Waals surface area contributed by atoms with Gasteiger partial charge in [0.25, 0.3) is 0 Å². The van der Waals surface area contributed by atoms with Crippen molar-refractivity contribution < 1.29 is 0 Å². The summed E-state index contributed by atoms with van der Waals surface area (Å²) in [5.41, 5.74) is 2.07. The van der Waals surface area contributed by atoms with Crippen molar-refractivity contribution >= 4 is 22.4 Å². The van der Waals surface area contributed by atoms with Crippen molar-refractivity contribution in [3.63, 3.8) is 0 Å². The summed E-state index contributed by atoms with van der Waals surface area (Å²) in [6.07, 6.45) is 10.8. The minimum atomic E-state index is 0.549. The fourth-order valence-corrected chi connectivity index (χ4v) is 4.29. The van der Waals surface area contributed by atoms with Gasteiger partial charge >= 0.3 is 0 Å². The second kappa shape index (κ2) is 7.72. The van der Waals surface area contributed by atoms with Crippen molar-refractivity contribution in [2.45, 2.75) is 31.7 Å². The van der Waals surface area contributed by atoms with E-state index in [9.17, 15) is 0 Å². The van der Waals surface area contributed by atoms with Crippen LogP contribution in [-0.2, 0) is 0 Å². The Morgan fingerprint density at radius 2 is 1.89 bits per heavy atom. The van der Waals surface area contributed by atoms with Crippen LogP contribution in [0.25, 0.3) is 22.0 Å². The summed E-state index contributed by atoms with van der Waals surface area (Å²) in [7, 11) is 0. The zero-order chi connectivity index (χ0) is 18.8. The van der Waals surface area contributed by atoms with Crippen LogP contribution >= 0.6 is 0 Å². The maximum absolute atomic E-state index is 5.08. The number of rotatable bonds is 4. The predicted molar refractivity (Wildman–Crippen MR) is 114 cm³/mol. The average molecular weight is 374 g/mol. The van der Waals surface area contributed by atoms with E-state index in [1.807, 2.05) is 24.7 Å². The van der Waals surface area contributed by atoms with Gasteiger partial charge in [0, 0.05) is 67.1 Å². The number of nitrogens with zero attached hydrogens (tertiary/aromatic N) is 4. The van der Waals surface area contributed by atoms with Gasteiger partial charge in [0.2, 0.25) is 0 Å². The Hall–Kier alpha value is -2.73. The number of nitrogens with one attached hydrogen (secondary N) is 2. The lowest BCUT2D eigenvalue weighted by Gasteiger charge is -2.29. The van der Waals surface area contributed by atoms with Crippen molar-refractivity contribution in [3.05, 3.63) is 42.9 Å². The average Bonchev–Trinajstić information content (AvgIpc) is 3.27. The molecule has 4 heterocycles. The first-order valence-corrected chi connectivity index (χ1v) is 10.3. The molecule has 6 heteroatoms. The molecule has 3 aromatic rings. The SMILES string of the molecule is c1cc2c(N3CCNCC3)nc(-c3ccnc(NC4CCCC4)c3)cc2cn1.